The summed E-state index contributed by atoms with van der Waals surface area (Å²) in [4.78, 5) is 26.3. The molecule has 1 saturated heterocycles. The Morgan fingerprint density at radius 2 is 1.85 bits per heavy atom. The summed E-state index contributed by atoms with van der Waals surface area (Å²) >= 11 is 5.88. The minimum Gasteiger partial charge on any atom is -0.383 e. The molecule has 0 radical (unpaired) electrons. The molecule has 2 atom stereocenters. The number of aromatic nitrogens is 2. The van der Waals surface area contributed by atoms with Crippen LogP contribution in [-0.4, -0.2) is 41.2 Å². The summed E-state index contributed by atoms with van der Waals surface area (Å²) in [7, 11) is 1.74. The Hall–Kier alpha value is -2.65. The smallest absolute Gasteiger partial charge is 0.261 e. The molecule has 2 heterocycles. The fourth-order valence-electron chi connectivity index (χ4n) is 7.17. The summed E-state index contributed by atoms with van der Waals surface area (Å²) < 4.78 is 15.1. The Bertz CT molecular complexity index is 1230. The van der Waals surface area contributed by atoms with Crippen molar-refractivity contribution in [1.29, 1.82) is 0 Å². The molecule has 212 valence electrons. The van der Waals surface area contributed by atoms with Gasteiger partial charge >= 0.3 is 0 Å². The average molecular weight is 559 g/mol. The first-order valence-corrected chi connectivity index (χ1v) is 14.5. The third-order valence-electron chi connectivity index (χ3n) is 9.52. The van der Waals surface area contributed by atoms with Crippen LogP contribution >= 0.6 is 11.6 Å². The number of carbonyl (C=O) groups excluding carboxylic acids is 2. The second kappa shape index (κ2) is 11.1. The summed E-state index contributed by atoms with van der Waals surface area (Å²) in [5, 5.41) is 14.1. The largest absolute Gasteiger partial charge is 0.383 e. The lowest BCUT2D eigenvalue weighted by Crippen LogP contribution is -2.46. The number of fused-ring (bicyclic) bond motifs is 1. The lowest BCUT2D eigenvalue weighted by atomic mass is 9.73. The van der Waals surface area contributed by atoms with Gasteiger partial charge in [0.2, 0.25) is 5.91 Å². The first-order valence-electron chi connectivity index (χ1n) is 14.1. The van der Waals surface area contributed by atoms with E-state index < -0.39 is 5.82 Å². The maximum atomic E-state index is 13.6. The van der Waals surface area contributed by atoms with E-state index in [4.69, 9.17) is 17.3 Å². The Balaban J connectivity index is 1.19. The first kappa shape index (κ1) is 27.9. The number of nitrogens with zero attached hydrogens (tertiary/aromatic N) is 2. The van der Waals surface area contributed by atoms with Crippen LogP contribution in [0.25, 0.3) is 0 Å². The number of hydrogen-bond acceptors (Lipinski definition) is 5. The van der Waals surface area contributed by atoms with Crippen LogP contribution in [0.3, 0.4) is 0 Å². The van der Waals surface area contributed by atoms with Crippen molar-refractivity contribution in [1.82, 2.24) is 20.4 Å². The van der Waals surface area contributed by atoms with E-state index >= 15 is 0 Å². The molecule has 39 heavy (non-hydrogen) atoms. The number of aryl methyl sites for hydroxylation is 1. The lowest BCUT2D eigenvalue weighted by molar-refractivity contribution is -0.132. The van der Waals surface area contributed by atoms with Gasteiger partial charge in [0.25, 0.3) is 5.91 Å². The van der Waals surface area contributed by atoms with E-state index in [2.05, 4.69) is 34.9 Å². The minimum atomic E-state index is -0.544. The van der Waals surface area contributed by atoms with Crippen molar-refractivity contribution in [2.45, 2.75) is 58.3 Å². The number of anilines is 2. The molecule has 2 aliphatic carbocycles. The molecule has 2 unspecified atom stereocenters. The van der Waals surface area contributed by atoms with E-state index in [0.717, 1.165) is 63.9 Å². The van der Waals surface area contributed by atoms with Gasteiger partial charge in [0.1, 0.15) is 17.2 Å². The van der Waals surface area contributed by atoms with Gasteiger partial charge in [-0.25, -0.2) is 4.39 Å². The number of nitrogen functional groups attached to an aromatic ring is 1. The van der Waals surface area contributed by atoms with Crippen LogP contribution in [0.5, 0.6) is 0 Å². The topological polar surface area (TPSA) is 114 Å². The van der Waals surface area contributed by atoms with Gasteiger partial charge in [0, 0.05) is 30.6 Å². The Morgan fingerprint density at radius 3 is 2.49 bits per heavy atom. The van der Waals surface area contributed by atoms with Crippen LogP contribution in [0.1, 0.15) is 74.3 Å². The molecule has 3 fully saturated rings. The summed E-state index contributed by atoms with van der Waals surface area (Å²) in [6.45, 7) is 6.88. The Morgan fingerprint density at radius 1 is 1.18 bits per heavy atom. The normalized spacial score (nSPS) is 25.5. The van der Waals surface area contributed by atoms with Gasteiger partial charge in [0.15, 0.2) is 0 Å². The standard InChI is InChI=1S/C29H40ClFN6O2/c1-29(2,20-6-8-33-9-7-20)28(39)34-15-16-10-17-12-19(13-18(17)11-16)25-24(26(32)37(3)36-25)27(38)35-21-4-5-23(31)22(30)14-21/h4-5,14,16-20,33H,6-13,15,32H2,1-3H3,(H,34,39)(H,35,38). The molecule has 1 aromatic heterocycles. The maximum absolute atomic E-state index is 13.6. The lowest BCUT2D eigenvalue weighted by Gasteiger charge is -2.36. The molecule has 10 heteroatoms. The fourth-order valence-corrected chi connectivity index (χ4v) is 7.35. The molecule has 8 nitrogen and oxygen atoms in total. The highest BCUT2D eigenvalue weighted by molar-refractivity contribution is 6.31. The number of benzene rings is 1. The monoisotopic (exact) mass is 558 g/mol. The van der Waals surface area contributed by atoms with Crippen LogP contribution in [0.2, 0.25) is 5.02 Å². The SMILES string of the molecule is Cn1nc(C2CC3CC(CNC(=O)C(C)(C)C4CCNCC4)CC3C2)c(C(=O)Nc2ccc(F)c(Cl)c2)c1N. The van der Waals surface area contributed by atoms with Crippen molar-refractivity contribution < 1.29 is 14.0 Å². The minimum absolute atomic E-state index is 0.0589. The summed E-state index contributed by atoms with van der Waals surface area (Å²) in [6, 6.07) is 4.07. The number of nitrogens with two attached hydrogens (primary N) is 1. The van der Waals surface area contributed by atoms with E-state index in [1.54, 1.807) is 11.7 Å². The molecule has 5 N–H and O–H groups in total. The van der Waals surface area contributed by atoms with Crippen molar-refractivity contribution >= 4 is 34.9 Å². The van der Waals surface area contributed by atoms with Crippen molar-refractivity contribution in [3.8, 4) is 0 Å². The van der Waals surface area contributed by atoms with Crippen molar-refractivity contribution in [2.24, 2.45) is 36.1 Å². The molecule has 2 saturated carbocycles. The van der Waals surface area contributed by atoms with Gasteiger partial charge in [-0.15, -0.1) is 0 Å². The zero-order valence-electron chi connectivity index (χ0n) is 23.0. The van der Waals surface area contributed by atoms with Crippen LogP contribution < -0.4 is 21.7 Å². The van der Waals surface area contributed by atoms with Crippen molar-refractivity contribution in [2.75, 3.05) is 30.7 Å². The van der Waals surface area contributed by atoms with Crippen LogP contribution in [-0.2, 0) is 11.8 Å². The molecule has 0 bridgehead atoms. The average Bonchev–Trinajstić information content (AvgIpc) is 3.56. The molecular weight excluding hydrogens is 519 g/mol. The number of hydrogen-bond donors (Lipinski definition) is 4. The molecular formula is C29H40ClFN6O2. The summed E-state index contributed by atoms with van der Waals surface area (Å²) in [5.41, 5.74) is 7.44. The highest BCUT2D eigenvalue weighted by Crippen LogP contribution is 2.53. The molecule has 5 rings (SSSR count). The maximum Gasteiger partial charge on any atom is 0.261 e. The predicted molar refractivity (Wildman–Crippen MR) is 151 cm³/mol. The summed E-state index contributed by atoms with van der Waals surface area (Å²) in [5.74, 6) is 1.71. The van der Waals surface area contributed by atoms with Gasteiger partial charge < -0.3 is 21.7 Å². The third-order valence-corrected chi connectivity index (χ3v) is 9.81. The van der Waals surface area contributed by atoms with E-state index in [9.17, 15) is 14.0 Å². The van der Waals surface area contributed by atoms with Gasteiger partial charge in [0.05, 0.1) is 10.7 Å². The zero-order valence-corrected chi connectivity index (χ0v) is 23.8. The fraction of sp³-hybridized carbons (Fsp3) is 0.621. The molecule has 1 aromatic carbocycles. The van der Waals surface area contributed by atoms with E-state index in [-0.39, 0.29) is 28.2 Å². The molecule has 2 aromatic rings. The third kappa shape index (κ3) is 5.66. The molecule has 2 amide bonds. The zero-order chi connectivity index (χ0) is 27.9. The molecule has 0 spiro atoms. The second-order valence-electron chi connectivity index (χ2n) is 12.3. The van der Waals surface area contributed by atoms with Gasteiger partial charge in [-0.05, 0) is 93.5 Å². The number of carbonyl (C=O) groups is 2. The highest BCUT2D eigenvalue weighted by Gasteiger charge is 2.45. The van der Waals surface area contributed by atoms with Gasteiger partial charge in [-0.1, -0.05) is 25.4 Å². The van der Waals surface area contributed by atoms with Gasteiger partial charge in [-0.2, -0.15) is 5.10 Å². The molecule has 3 aliphatic rings. The first-order chi connectivity index (χ1) is 18.5. The number of halogens is 2. The van der Waals surface area contributed by atoms with E-state index in [1.807, 2.05) is 0 Å². The van der Waals surface area contributed by atoms with Crippen molar-refractivity contribution in [3.63, 3.8) is 0 Å². The van der Waals surface area contributed by atoms with Crippen LogP contribution in [0.15, 0.2) is 18.2 Å². The van der Waals surface area contributed by atoms with E-state index in [1.165, 1.54) is 18.2 Å². The number of rotatable bonds is 7. The van der Waals surface area contributed by atoms with Crippen molar-refractivity contribution in [3.05, 3.63) is 40.3 Å². The predicted octanol–water partition coefficient (Wildman–Crippen LogP) is 4.71. The van der Waals surface area contributed by atoms with Gasteiger partial charge in [-0.3, -0.25) is 14.3 Å². The summed E-state index contributed by atoms with van der Waals surface area (Å²) in [6.07, 6.45) is 6.15. The quantitative estimate of drug-likeness (QED) is 0.393. The highest BCUT2D eigenvalue weighted by atomic mass is 35.5. The van der Waals surface area contributed by atoms with Crippen LogP contribution in [0.4, 0.5) is 15.9 Å². The number of nitrogens with one attached hydrogen (secondary N) is 3. The number of amides is 2. The van der Waals surface area contributed by atoms with E-state index in [0.29, 0.717) is 40.7 Å². The number of piperidine rings is 1. The van der Waals surface area contributed by atoms with Crippen LogP contribution in [0, 0.1) is 34.9 Å². The second-order valence-corrected chi connectivity index (χ2v) is 12.7. The Kier molecular flexibility index (Phi) is 7.93. The molecule has 1 aliphatic heterocycles. The Labute approximate surface area is 234 Å².